The summed E-state index contributed by atoms with van der Waals surface area (Å²) in [5, 5.41) is 5.61. The minimum atomic E-state index is 0.598. The third kappa shape index (κ3) is 3.79. The molecule has 2 aromatic carbocycles. The van der Waals surface area contributed by atoms with Gasteiger partial charge >= 0.3 is 0 Å². The standard InChI is InChI=1S/C26H30N4O/c1-16-13-17(2)24(18(3)14-16)30-22-8-6-5-7-21(22)23-25(30)28-19(4)29-26(23)31-12-11-27-15-20-9-10-20/h5-8,13-14,20,27H,9-12,15H2,1-4H3. The Morgan fingerprint density at radius 1 is 1.03 bits per heavy atom. The summed E-state index contributed by atoms with van der Waals surface area (Å²) in [6, 6.07) is 12.9. The number of aryl methyl sites for hydroxylation is 4. The lowest BCUT2D eigenvalue weighted by atomic mass is 10.0. The Hall–Kier alpha value is -2.92. The van der Waals surface area contributed by atoms with Crippen molar-refractivity contribution in [2.24, 2.45) is 5.92 Å². The van der Waals surface area contributed by atoms with E-state index < -0.39 is 0 Å². The summed E-state index contributed by atoms with van der Waals surface area (Å²) in [5.41, 5.74) is 6.97. The van der Waals surface area contributed by atoms with Crippen LogP contribution < -0.4 is 10.1 Å². The van der Waals surface area contributed by atoms with Crippen molar-refractivity contribution in [1.82, 2.24) is 19.9 Å². The third-order valence-electron chi connectivity index (χ3n) is 6.10. The molecule has 1 N–H and O–H groups in total. The molecule has 2 aromatic heterocycles. The van der Waals surface area contributed by atoms with E-state index in [0.717, 1.165) is 46.8 Å². The SMILES string of the molecule is Cc1cc(C)c(-n2c3ccccc3c3c(OCCNCC4CC4)nc(C)nc32)c(C)c1. The molecular weight excluding hydrogens is 384 g/mol. The minimum Gasteiger partial charge on any atom is -0.476 e. The van der Waals surface area contributed by atoms with Crippen LogP contribution in [0.1, 0.15) is 35.4 Å². The number of nitrogens with zero attached hydrogens (tertiary/aromatic N) is 3. The number of hydrogen-bond acceptors (Lipinski definition) is 4. The fraction of sp³-hybridized carbons (Fsp3) is 0.385. The Morgan fingerprint density at radius 3 is 2.52 bits per heavy atom. The topological polar surface area (TPSA) is 52.0 Å². The quantitative estimate of drug-likeness (QED) is 0.423. The average Bonchev–Trinajstić information content (AvgIpc) is 3.49. The van der Waals surface area contributed by atoms with Gasteiger partial charge in [0.25, 0.3) is 0 Å². The molecule has 5 heteroatoms. The molecule has 0 unspecified atom stereocenters. The van der Waals surface area contributed by atoms with Crippen molar-refractivity contribution in [2.75, 3.05) is 19.7 Å². The van der Waals surface area contributed by atoms with Crippen molar-refractivity contribution in [3.8, 4) is 11.6 Å². The second-order valence-corrected chi connectivity index (χ2v) is 8.87. The molecule has 0 amide bonds. The molecular formula is C26H30N4O. The van der Waals surface area contributed by atoms with Crippen molar-refractivity contribution in [2.45, 2.75) is 40.5 Å². The molecule has 4 aromatic rings. The summed E-state index contributed by atoms with van der Waals surface area (Å²) >= 11 is 0. The van der Waals surface area contributed by atoms with E-state index in [0.29, 0.717) is 12.5 Å². The maximum Gasteiger partial charge on any atom is 0.227 e. The van der Waals surface area contributed by atoms with Gasteiger partial charge in [-0.05, 0) is 70.2 Å². The van der Waals surface area contributed by atoms with Crippen LogP contribution in [0.5, 0.6) is 5.88 Å². The van der Waals surface area contributed by atoms with Gasteiger partial charge in [-0.15, -0.1) is 0 Å². The Morgan fingerprint density at radius 2 is 1.77 bits per heavy atom. The molecule has 0 bridgehead atoms. The number of fused-ring (bicyclic) bond motifs is 3. The summed E-state index contributed by atoms with van der Waals surface area (Å²) in [7, 11) is 0. The number of ether oxygens (including phenoxy) is 1. The molecule has 0 aliphatic heterocycles. The normalized spacial score (nSPS) is 13.9. The van der Waals surface area contributed by atoms with E-state index in [1.54, 1.807) is 0 Å². The van der Waals surface area contributed by atoms with Gasteiger partial charge in [0.05, 0.1) is 16.6 Å². The molecule has 0 radical (unpaired) electrons. The maximum absolute atomic E-state index is 6.21. The van der Waals surface area contributed by atoms with Gasteiger partial charge < -0.3 is 10.1 Å². The summed E-state index contributed by atoms with van der Waals surface area (Å²) in [4.78, 5) is 9.57. The van der Waals surface area contributed by atoms with Gasteiger partial charge in [0.2, 0.25) is 5.88 Å². The van der Waals surface area contributed by atoms with Crippen LogP contribution in [0.15, 0.2) is 36.4 Å². The summed E-state index contributed by atoms with van der Waals surface area (Å²) in [6.07, 6.45) is 2.72. The molecule has 5 nitrogen and oxygen atoms in total. The predicted octanol–water partition coefficient (Wildman–Crippen LogP) is 5.19. The Kier molecular flexibility index (Phi) is 5.14. The van der Waals surface area contributed by atoms with Crippen LogP contribution in [-0.2, 0) is 0 Å². The summed E-state index contributed by atoms with van der Waals surface area (Å²) in [6.45, 7) is 10.9. The second kappa shape index (κ2) is 7.97. The van der Waals surface area contributed by atoms with Crippen LogP contribution in [0.2, 0.25) is 0 Å². The monoisotopic (exact) mass is 414 g/mol. The Balaban J connectivity index is 1.63. The highest BCUT2D eigenvalue weighted by Gasteiger charge is 2.22. The number of para-hydroxylation sites is 1. The number of benzene rings is 2. The van der Waals surface area contributed by atoms with Crippen LogP contribution in [-0.4, -0.2) is 34.2 Å². The summed E-state index contributed by atoms with van der Waals surface area (Å²) in [5.74, 6) is 2.26. The van der Waals surface area contributed by atoms with Gasteiger partial charge in [-0.3, -0.25) is 4.57 Å². The number of rotatable bonds is 7. The third-order valence-corrected chi connectivity index (χ3v) is 6.10. The highest BCUT2D eigenvalue weighted by Crippen LogP contribution is 2.37. The molecule has 1 fully saturated rings. The van der Waals surface area contributed by atoms with Crippen molar-refractivity contribution < 1.29 is 4.74 Å². The van der Waals surface area contributed by atoms with E-state index in [2.05, 4.69) is 72.0 Å². The first-order valence-electron chi connectivity index (χ1n) is 11.2. The van der Waals surface area contributed by atoms with Gasteiger partial charge in [0, 0.05) is 11.9 Å². The van der Waals surface area contributed by atoms with Gasteiger partial charge in [-0.25, -0.2) is 4.98 Å². The van der Waals surface area contributed by atoms with Crippen molar-refractivity contribution >= 4 is 21.9 Å². The molecule has 0 spiro atoms. The zero-order valence-electron chi connectivity index (χ0n) is 18.8. The predicted molar refractivity (Wildman–Crippen MR) is 126 cm³/mol. The second-order valence-electron chi connectivity index (χ2n) is 8.87. The molecule has 0 saturated heterocycles. The van der Waals surface area contributed by atoms with E-state index in [1.165, 1.54) is 35.2 Å². The number of hydrogen-bond donors (Lipinski definition) is 1. The average molecular weight is 415 g/mol. The summed E-state index contributed by atoms with van der Waals surface area (Å²) < 4.78 is 8.49. The van der Waals surface area contributed by atoms with Gasteiger partial charge in [0.1, 0.15) is 12.4 Å². The first-order chi connectivity index (χ1) is 15.0. The fourth-order valence-electron chi connectivity index (χ4n) is 4.63. The van der Waals surface area contributed by atoms with E-state index >= 15 is 0 Å². The van der Waals surface area contributed by atoms with Crippen molar-refractivity contribution in [1.29, 1.82) is 0 Å². The van der Waals surface area contributed by atoms with Crippen LogP contribution in [0.3, 0.4) is 0 Å². The largest absolute Gasteiger partial charge is 0.476 e. The zero-order chi connectivity index (χ0) is 21.5. The minimum absolute atomic E-state index is 0.598. The molecule has 0 atom stereocenters. The van der Waals surface area contributed by atoms with Crippen LogP contribution in [0.25, 0.3) is 27.6 Å². The maximum atomic E-state index is 6.21. The molecule has 31 heavy (non-hydrogen) atoms. The Labute approximate surface area is 183 Å². The van der Waals surface area contributed by atoms with Crippen LogP contribution in [0, 0.1) is 33.6 Å². The van der Waals surface area contributed by atoms with Crippen LogP contribution >= 0.6 is 0 Å². The molecule has 160 valence electrons. The molecule has 1 aliphatic carbocycles. The van der Waals surface area contributed by atoms with Crippen LogP contribution in [0.4, 0.5) is 0 Å². The molecule has 1 saturated carbocycles. The van der Waals surface area contributed by atoms with Crippen molar-refractivity contribution in [3.05, 3.63) is 58.9 Å². The molecule has 5 rings (SSSR count). The Bertz CT molecular complexity index is 1250. The zero-order valence-corrected chi connectivity index (χ0v) is 18.8. The molecule has 1 aliphatic rings. The number of aromatic nitrogens is 3. The lowest BCUT2D eigenvalue weighted by Crippen LogP contribution is -2.23. The van der Waals surface area contributed by atoms with Crippen molar-refractivity contribution in [3.63, 3.8) is 0 Å². The van der Waals surface area contributed by atoms with Gasteiger partial charge in [-0.2, -0.15) is 4.98 Å². The first kappa shape index (κ1) is 20.0. The lowest BCUT2D eigenvalue weighted by molar-refractivity contribution is 0.305. The smallest absolute Gasteiger partial charge is 0.227 e. The lowest BCUT2D eigenvalue weighted by Gasteiger charge is -2.15. The van der Waals surface area contributed by atoms with Gasteiger partial charge in [0.15, 0.2) is 5.65 Å². The van der Waals surface area contributed by atoms with E-state index in [9.17, 15) is 0 Å². The van der Waals surface area contributed by atoms with E-state index in [4.69, 9.17) is 9.72 Å². The van der Waals surface area contributed by atoms with Gasteiger partial charge in [-0.1, -0.05) is 35.9 Å². The first-order valence-corrected chi connectivity index (χ1v) is 11.2. The van der Waals surface area contributed by atoms with E-state index in [1.807, 2.05) is 6.92 Å². The highest BCUT2D eigenvalue weighted by molar-refractivity contribution is 6.10. The van der Waals surface area contributed by atoms with E-state index in [-0.39, 0.29) is 0 Å². The number of nitrogens with one attached hydrogen (secondary N) is 1. The highest BCUT2D eigenvalue weighted by atomic mass is 16.5. The molecule has 2 heterocycles. The fourth-order valence-corrected chi connectivity index (χ4v) is 4.63.